The molecule has 0 bridgehead atoms. The standard InChI is InChI=1S/C13H21ClN4O2S/c1-18(10-4-2-3-5-10)7-6-17-21(19,20)11-8-12(14)13(15)16-9-11/h8-10,17H,2-7H2,1H3,(H2,15,16). The molecule has 1 fully saturated rings. The predicted octanol–water partition coefficient (Wildman–Crippen LogP) is 1.47. The number of anilines is 1. The van der Waals surface area contributed by atoms with Gasteiger partial charge in [-0.2, -0.15) is 0 Å². The van der Waals surface area contributed by atoms with Crippen molar-refractivity contribution in [1.82, 2.24) is 14.6 Å². The van der Waals surface area contributed by atoms with Crippen LogP contribution in [-0.2, 0) is 10.0 Å². The number of nitrogens with zero attached hydrogens (tertiary/aromatic N) is 2. The molecule has 6 nitrogen and oxygen atoms in total. The summed E-state index contributed by atoms with van der Waals surface area (Å²) in [5.74, 6) is 0.122. The number of nitrogens with two attached hydrogens (primary N) is 1. The number of sulfonamides is 1. The van der Waals surface area contributed by atoms with Gasteiger partial charge in [-0.05, 0) is 26.0 Å². The molecule has 118 valence electrons. The summed E-state index contributed by atoms with van der Waals surface area (Å²) in [4.78, 5) is 6.01. The number of nitrogens with one attached hydrogen (secondary N) is 1. The van der Waals surface area contributed by atoms with Crippen molar-refractivity contribution in [3.63, 3.8) is 0 Å². The van der Waals surface area contributed by atoms with Gasteiger partial charge in [0.2, 0.25) is 10.0 Å². The molecule has 1 aromatic heterocycles. The molecule has 0 radical (unpaired) electrons. The Bertz CT molecular complexity index is 588. The molecule has 1 heterocycles. The summed E-state index contributed by atoms with van der Waals surface area (Å²) in [6, 6.07) is 1.88. The van der Waals surface area contributed by atoms with E-state index in [1.165, 1.54) is 37.9 Å². The number of halogens is 1. The molecule has 1 aliphatic rings. The van der Waals surface area contributed by atoms with Crippen molar-refractivity contribution >= 4 is 27.4 Å². The summed E-state index contributed by atoms with van der Waals surface area (Å²) >= 11 is 5.80. The molecule has 0 unspecified atom stereocenters. The Morgan fingerprint density at radius 3 is 2.76 bits per heavy atom. The number of hydrogen-bond donors (Lipinski definition) is 2. The van der Waals surface area contributed by atoms with Crippen LogP contribution in [0.3, 0.4) is 0 Å². The molecule has 2 rings (SSSR count). The van der Waals surface area contributed by atoms with E-state index in [1.54, 1.807) is 0 Å². The van der Waals surface area contributed by atoms with Gasteiger partial charge in [-0.1, -0.05) is 24.4 Å². The molecule has 3 N–H and O–H groups in total. The number of likely N-dealkylation sites (N-methyl/N-ethyl adjacent to an activating group) is 1. The van der Waals surface area contributed by atoms with Gasteiger partial charge in [0.1, 0.15) is 10.7 Å². The van der Waals surface area contributed by atoms with Crippen molar-refractivity contribution in [3.05, 3.63) is 17.3 Å². The average Bonchev–Trinajstić information content (AvgIpc) is 2.95. The number of hydrogen-bond acceptors (Lipinski definition) is 5. The zero-order valence-electron chi connectivity index (χ0n) is 12.0. The predicted molar refractivity (Wildman–Crippen MR) is 83.7 cm³/mol. The molecule has 0 amide bonds. The summed E-state index contributed by atoms with van der Waals surface area (Å²) in [7, 11) is -1.56. The Balaban J connectivity index is 1.90. The van der Waals surface area contributed by atoms with Crippen molar-refractivity contribution < 1.29 is 8.42 Å². The van der Waals surface area contributed by atoms with Gasteiger partial charge in [0.05, 0.1) is 5.02 Å². The quantitative estimate of drug-likeness (QED) is 0.823. The zero-order chi connectivity index (χ0) is 15.5. The molecule has 0 saturated heterocycles. The van der Waals surface area contributed by atoms with Crippen LogP contribution in [0.5, 0.6) is 0 Å². The van der Waals surface area contributed by atoms with Crippen molar-refractivity contribution in [2.75, 3.05) is 25.9 Å². The third-order valence-corrected chi connectivity index (χ3v) is 5.59. The Morgan fingerprint density at radius 1 is 1.48 bits per heavy atom. The van der Waals surface area contributed by atoms with Crippen LogP contribution in [0.25, 0.3) is 0 Å². The highest BCUT2D eigenvalue weighted by atomic mass is 35.5. The molecule has 1 aliphatic carbocycles. The SMILES string of the molecule is CN(CCNS(=O)(=O)c1cnc(N)c(Cl)c1)C1CCCC1. The van der Waals surface area contributed by atoms with E-state index in [1.807, 2.05) is 7.05 Å². The van der Waals surface area contributed by atoms with E-state index in [2.05, 4.69) is 14.6 Å². The minimum absolute atomic E-state index is 0.0326. The van der Waals surface area contributed by atoms with Crippen molar-refractivity contribution in [3.8, 4) is 0 Å². The summed E-state index contributed by atoms with van der Waals surface area (Å²) in [5.41, 5.74) is 5.48. The number of rotatable bonds is 6. The minimum Gasteiger partial charge on any atom is -0.382 e. The molecule has 0 spiro atoms. The van der Waals surface area contributed by atoms with Gasteiger partial charge in [0.15, 0.2) is 0 Å². The van der Waals surface area contributed by atoms with Crippen LogP contribution in [-0.4, -0.2) is 44.5 Å². The lowest BCUT2D eigenvalue weighted by molar-refractivity contribution is 0.250. The Labute approximate surface area is 130 Å². The largest absolute Gasteiger partial charge is 0.382 e. The summed E-state index contributed by atoms with van der Waals surface area (Å²) < 4.78 is 26.8. The highest BCUT2D eigenvalue weighted by Gasteiger charge is 2.20. The highest BCUT2D eigenvalue weighted by Crippen LogP contribution is 2.22. The van der Waals surface area contributed by atoms with Gasteiger partial charge in [0, 0.05) is 25.3 Å². The maximum Gasteiger partial charge on any atom is 0.242 e. The monoisotopic (exact) mass is 332 g/mol. The van der Waals surface area contributed by atoms with Crippen LogP contribution in [0.2, 0.25) is 5.02 Å². The van der Waals surface area contributed by atoms with E-state index in [0.29, 0.717) is 19.1 Å². The molecule has 21 heavy (non-hydrogen) atoms. The summed E-state index contributed by atoms with van der Waals surface area (Å²) in [5, 5.41) is 0.140. The van der Waals surface area contributed by atoms with Gasteiger partial charge in [-0.15, -0.1) is 0 Å². The first kappa shape index (κ1) is 16.5. The van der Waals surface area contributed by atoms with Gasteiger partial charge in [-0.3, -0.25) is 0 Å². The van der Waals surface area contributed by atoms with Crippen LogP contribution in [0.15, 0.2) is 17.2 Å². The molecular formula is C13H21ClN4O2S. The fourth-order valence-electron chi connectivity index (χ4n) is 2.55. The highest BCUT2D eigenvalue weighted by molar-refractivity contribution is 7.89. The molecule has 0 atom stereocenters. The third kappa shape index (κ3) is 4.29. The second-order valence-corrected chi connectivity index (χ2v) is 7.53. The normalized spacial score (nSPS) is 16.7. The number of nitrogen functional groups attached to an aromatic ring is 1. The molecule has 8 heteroatoms. The Hall–Kier alpha value is -0.890. The van der Waals surface area contributed by atoms with Gasteiger partial charge < -0.3 is 10.6 Å². The zero-order valence-corrected chi connectivity index (χ0v) is 13.6. The van der Waals surface area contributed by atoms with Crippen molar-refractivity contribution in [2.45, 2.75) is 36.6 Å². The van der Waals surface area contributed by atoms with Gasteiger partial charge in [0.25, 0.3) is 0 Å². The van der Waals surface area contributed by atoms with Crippen LogP contribution >= 0.6 is 11.6 Å². The van der Waals surface area contributed by atoms with Crippen LogP contribution in [0, 0.1) is 0 Å². The van der Waals surface area contributed by atoms with Crippen LogP contribution in [0.1, 0.15) is 25.7 Å². The van der Waals surface area contributed by atoms with E-state index < -0.39 is 10.0 Å². The van der Waals surface area contributed by atoms with Crippen molar-refractivity contribution in [2.24, 2.45) is 0 Å². The lowest BCUT2D eigenvalue weighted by Gasteiger charge is -2.23. The van der Waals surface area contributed by atoms with E-state index in [9.17, 15) is 8.42 Å². The lowest BCUT2D eigenvalue weighted by atomic mass is 10.2. The van der Waals surface area contributed by atoms with Crippen LogP contribution < -0.4 is 10.5 Å². The smallest absolute Gasteiger partial charge is 0.242 e. The summed E-state index contributed by atoms with van der Waals surface area (Å²) in [6.07, 6.45) is 6.12. The third-order valence-electron chi connectivity index (χ3n) is 3.86. The average molecular weight is 333 g/mol. The van der Waals surface area contributed by atoms with Crippen molar-refractivity contribution in [1.29, 1.82) is 0 Å². The van der Waals surface area contributed by atoms with E-state index in [0.717, 1.165) is 0 Å². The molecule has 0 aliphatic heterocycles. The van der Waals surface area contributed by atoms with Crippen LogP contribution in [0.4, 0.5) is 5.82 Å². The first-order valence-electron chi connectivity index (χ1n) is 7.01. The van der Waals surface area contributed by atoms with E-state index in [4.69, 9.17) is 17.3 Å². The molecule has 1 aromatic rings. The van der Waals surface area contributed by atoms with Gasteiger partial charge >= 0.3 is 0 Å². The molecule has 1 saturated carbocycles. The number of aromatic nitrogens is 1. The van der Waals surface area contributed by atoms with E-state index in [-0.39, 0.29) is 15.7 Å². The first-order valence-corrected chi connectivity index (χ1v) is 8.87. The topological polar surface area (TPSA) is 88.3 Å². The Morgan fingerprint density at radius 2 is 2.14 bits per heavy atom. The fraction of sp³-hybridized carbons (Fsp3) is 0.615. The maximum atomic E-state index is 12.1. The minimum atomic E-state index is -3.60. The van der Waals surface area contributed by atoms with Gasteiger partial charge in [-0.25, -0.2) is 18.1 Å². The fourth-order valence-corrected chi connectivity index (χ4v) is 3.77. The second kappa shape index (κ2) is 6.91. The molecule has 0 aromatic carbocycles. The molecular weight excluding hydrogens is 312 g/mol. The summed E-state index contributed by atoms with van der Waals surface area (Å²) in [6.45, 7) is 1.04. The maximum absolute atomic E-state index is 12.1. The second-order valence-electron chi connectivity index (χ2n) is 5.35. The van der Waals surface area contributed by atoms with E-state index >= 15 is 0 Å². The lowest BCUT2D eigenvalue weighted by Crippen LogP contribution is -2.37. The Kier molecular flexibility index (Phi) is 5.43. The number of pyridine rings is 1. The first-order chi connectivity index (χ1) is 9.90.